The van der Waals surface area contributed by atoms with Crippen LogP contribution in [0.4, 0.5) is 15.3 Å². The van der Waals surface area contributed by atoms with E-state index in [0.29, 0.717) is 30.1 Å². The summed E-state index contributed by atoms with van der Waals surface area (Å²) in [5.74, 6) is -0.124. The Morgan fingerprint density at radius 2 is 1.68 bits per heavy atom. The van der Waals surface area contributed by atoms with Crippen LogP contribution in [0.2, 0.25) is 0 Å². The van der Waals surface area contributed by atoms with Crippen LogP contribution in [-0.4, -0.2) is 83.8 Å². The van der Waals surface area contributed by atoms with Crippen molar-refractivity contribution in [2.45, 2.75) is 102 Å². The quantitative estimate of drug-likeness (QED) is 0.397. The number of hydrogen-bond acceptors (Lipinski definition) is 5. The van der Waals surface area contributed by atoms with E-state index in [-0.39, 0.29) is 42.6 Å². The van der Waals surface area contributed by atoms with Gasteiger partial charge in [0.05, 0.1) is 30.4 Å². The lowest BCUT2D eigenvalue weighted by molar-refractivity contribution is 0.0368. The van der Waals surface area contributed by atoms with Crippen LogP contribution in [0.25, 0.3) is 0 Å². The highest BCUT2D eigenvalue weighted by molar-refractivity contribution is 6.01. The van der Waals surface area contributed by atoms with E-state index in [0.717, 1.165) is 51.4 Å². The third-order valence-corrected chi connectivity index (χ3v) is 8.61. The molecule has 1 aromatic rings. The van der Waals surface area contributed by atoms with Crippen molar-refractivity contribution >= 4 is 23.7 Å². The maximum absolute atomic E-state index is 13.7. The first kappa shape index (κ1) is 30.0. The molecule has 0 unspecified atom stereocenters. The second-order valence-corrected chi connectivity index (χ2v) is 11.9. The Balaban J connectivity index is 1.56. The van der Waals surface area contributed by atoms with Gasteiger partial charge in [-0.2, -0.15) is 0 Å². The Kier molecular flexibility index (Phi) is 10.5. The number of aliphatic hydroxyl groups excluding tert-OH is 1. The number of rotatable bonds is 7. The van der Waals surface area contributed by atoms with E-state index in [1.165, 1.54) is 12.8 Å². The molecule has 2 fully saturated rings. The first-order chi connectivity index (χ1) is 19.3. The van der Waals surface area contributed by atoms with Gasteiger partial charge >= 0.3 is 12.1 Å². The number of urea groups is 2. The summed E-state index contributed by atoms with van der Waals surface area (Å²) < 4.78 is 6.54. The Hall–Kier alpha value is -3.01. The van der Waals surface area contributed by atoms with Gasteiger partial charge < -0.3 is 35.6 Å². The first-order valence-electron chi connectivity index (χ1n) is 15.1. The molecule has 222 valence electrons. The number of para-hydroxylation sites is 1. The summed E-state index contributed by atoms with van der Waals surface area (Å²) >= 11 is 0. The fourth-order valence-electron chi connectivity index (χ4n) is 6.03. The van der Waals surface area contributed by atoms with Crippen LogP contribution in [0, 0.1) is 5.92 Å². The van der Waals surface area contributed by atoms with Crippen LogP contribution in [0.5, 0.6) is 5.75 Å². The van der Waals surface area contributed by atoms with Gasteiger partial charge in [0.2, 0.25) is 0 Å². The Bertz CT molecular complexity index is 1020. The smallest absolute Gasteiger partial charge is 0.319 e. The second kappa shape index (κ2) is 14.1. The molecule has 4 rings (SSSR count). The predicted octanol–water partition coefficient (Wildman–Crippen LogP) is 4.34. The molecule has 0 bridgehead atoms. The zero-order valence-corrected chi connectivity index (χ0v) is 24.3. The number of nitrogens with one attached hydrogen (secondary N) is 3. The summed E-state index contributed by atoms with van der Waals surface area (Å²) in [6, 6.07) is 4.60. The molecule has 10 nitrogen and oxygen atoms in total. The molecule has 40 heavy (non-hydrogen) atoms. The topological polar surface area (TPSA) is 123 Å². The van der Waals surface area contributed by atoms with Gasteiger partial charge in [0, 0.05) is 31.6 Å². The van der Waals surface area contributed by atoms with Crippen molar-refractivity contribution in [1.29, 1.82) is 0 Å². The summed E-state index contributed by atoms with van der Waals surface area (Å²) in [5.41, 5.74) is 0.728. The molecule has 5 amide bonds. The Morgan fingerprint density at radius 1 is 1.05 bits per heavy atom. The largest absolute Gasteiger partial charge is 0.485 e. The predicted molar refractivity (Wildman–Crippen MR) is 155 cm³/mol. The highest BCUT2D eigenvalue weighted by Crippen LogP contribution is 2.35. The number of fused-ring (bicyclic) bond motifs is 1. The Morgan fingerprint density at radius 3 is 2.30 bits per heavy atom. The molecule has 1 aliphatic heterocycles. The van der Waals surface area contributed by atoms with Crippen molar-refractivity contribution in [3.05, 3.63) is 23.8 Å². The summed E-state index contributed by atoms with van der Waals surface area (Å²) in [6.07, 6.45) is 10.3. The fourth-order valence-corrected chi connectivity index (χ4v) is 6.03. The van der Waals surface area contributed by atoms with E-state index in [4.69, 9.17) is 4.74 Å². The number of aliphatic hydroxyl groups is 1. The average molecular weight is 558 g/mol. The zero-order valence-electron chi connectivity index (χ0n) is 24.3. The summed E-state index contributed by atoms with van der Waals surface area (Å²) in [6.45, 7) is 4.29. The van der Waals surface area contributed by atoms with Gasteiger partial charge in [-0.3, -0.25) is 4.79 Å². The van der Waals surface area contributed by atoms with E-state index < -0.39 is 12.1 Å². The maximum atomic E-state index is 13.7. The number of ether oxygens (including phenoxy) is 1. The molecular weight excluding hydrogens is 510 g/mol. The number of carbonyl (C=O) groups excluding carboxylic acids is 3. The summed E-state index contributed by atoms with van der Waals surface area (Å²) in [7, 11) is 1.76. The number of hydrogen-bond donors (Lipinski definition) is 4. The molecule has 0 saturated heterocycles. The standard InChI is InChI=1S/C30H47N5O5/c1-20-17-35(21(2)19-36)28(37)24-15-10-16-25(33-29(38)31-22-11-6-4-7-12-22)27(24)40-26(20)18-34(3)30(39)32-23-13-8-5-9-14-23/h10,15-16,20-23,26,36H,4-9,11-14,17-19H2,1-3H3,(H,32,39)(H2,31,33,38)/t20-,21-,26+/m1/s1. The number of anilines is 1. The minimum atomic E-state index is -0.452. The van der Waals surface area contributed by atoms with E-state index in [1.54, 1.807) is 35.0 Å². The minimum Gasteiger partial charge on any atom is -0.485 e. The van der Waals surface area contributed by atoms with E-state index in [2.05, 4.69) is 16.0 Å². The molecule has 3 aliphatic rings. The lowest BCUT2D eigenvalue weighted by Crippen LogP contribution is -2.52. The minimum absolute atomic E-state index is 0.131. The SMILES string of the molecule is C[C@@H]1CN([C@H](C)CO)C(=O)c2cccc(NC(=O)NC3CCCCC3)c2O[C@H]1CN(C)C(=O)NC1CCCCC1. The number of carbonyl (C=O) groups is 3. The molecule has 0 aromatic heterocycles. The molecule has 3 atom stereocenters. The summed E-state index contributed by atoms with van der Waals surface area (Å²) in [5, 5.41) is 19.1. The van der Waals surface area contributed by atoms with Crippen LogP contribution >= 0.6 is 0 Å². The Labute approximate surface area is 238 Å². The van der Waals surface area contributed by atoms with Gasteiger partial charge in [0.25, 0.3) is 5.91 Å². The monoisotopic (exact) mass is 557 g/mol. The van der Waals surface area contributed by atoms with Gasteiger partial charge in [-0.05, 0) is 44.7 Å². The second-order valence-electron chi connectivity index (χ2n) is 11.9. The van der Waals surface area contributed by atoms with Gasteiger partial charge in [-0.1, -0.05) is 51.5 Å². The third-order valence-electron chi connectivity index (χ3n) is 8.61. The van der Waals surface area contributed by atoms with Crippen LogP contribution in [0.1, 0.15) is 88.4 Å². The van der Waals surface area contributed by atoms with Crippen molar-refractivity contribution in [1.82, 2.24) is 20.4 Å². The molecule has 10 heteroatoms. The molecule has 4 N–H and O–H groups in total. The number of likely N-dealkylation sites (N-methyl/N-ethyl adjacent to an activating group) is 1. The molecule has 2 saturated carbocycles. The maximum Gasteiger partial charge on any atom is 0.319 e. The summed E-state index contributed by atoms with van der Waals surface area (Å²) in [4.78, 5) is 43.0. The molecule has 1 aromatic carbocycles. The van der Waals surface area contributed by atoms with Crippen LogP contribution < -0.4 is 20.7 Å². The van der Waals surface area contributed by atoms with Crippen molar-refractivity contribution in [2.24, 2.45) is 5.92 Å². The highest BCUT2D eigenvalue weighted by Gasteiger charge is 2.35. The van der Waals surface area contributed by atoms with Gasteiger partial charge in [-0.15, -0.1) is 0 Å². The molecule has 0 radical (unpaired) electrons. The van der Waals surface area contributed by atoms with Crippen molar-refractivity contribution in [2.75, 3.05) is 32.1 Å². The normalized spacial score (nSPS) is 23.2. The molecular formula is C30H47N5O5. The fraction of sp³-hybridized carbons (Fsp3) is 0.700. The van der Waals surface area contributed by atoms with Crippen molar-refractivity contribution < 1.29 is 24.2 Å². The lowest BCUT2D eigenvalue weighted by Gasteiger charge is -2.38. The highest BCUT2D eigenvalue weighted by atomic mass is 16.5. The van der Waals surface area contributed by atoms with Crippen molar-refractivity contribution in [3.8, 4) is 5.75 Å². The first-order valence-corrected chi connectivity index (χ1v) is 15.1. The van der Waals surface area contributed by atoms with E-state index in [9.17, 15) is 19.5 Å². The molecule has 0 spiro atoms. The van der Waals surface area contributed by atoms with Crippen LogP contribution in [0.15, 0.2) is 18.2 Å². The van der Waals surface area contributed by atoms with Crippen molar-refractivity contribution in [3.63, 3.8) is 0 Å². The zero-order chi connectivity index (χ0) is 28.6. The van der Waals surface area contributed by atoms with Crippen LogP contribution in [-0.2, 0) is 0 Å². The number of benzene rings is 1. The third kappa shape index (κ3) is 7.59. The van der Waals surface area contributed by atoms with Gasteiger partial charge in [0.15, 0.2) is 5.75 Å². The molecule has 2 aliphatic carbocycles. The number of amides is 5. The number of nitrogens with zero attached hydrogens (tertiary/aromatic N) is 2. The van der Waals surface area contributed by atoms with E-state index in [1.807, 2.05) is 13.8 Å². The average Bonchev–Trinajstić information content (AvgIpc) is 2.95. The van der Waals surface area contributed by atoms with Gasteiger partial charge in [-0.25, -0.2) is 9.59 Å². The molecule has 1 heterocycles. The van der Waals surface area contributed by atoms with Crippen LogP contribution in [0.3, 0.4) is 0 Å². The van der Waals surface area contributed by atoms with E-state index >= 15 is 0 Å². The lowest BCUT2D eigenvalue weighted by atomic mass is 9.95. The van der Waals surface area contributed by atoms with Gasteiger partial charge in [0.1, 0.15) is 6.10 Å².